The second kappa shape index (κ2) is 12.4. The third kappa shape index (κ3) is 7.02. The summed E-state index contributed by atoms with van der Waals surface area (Å²) in [4.78, 5) is 30.9. The number of hydrogen-bond acceptors (Lipinski definition) is 7. The number of ether oxygens (including phenoxy) is 2. The maximum Gasteiger partial charge on any atom is 0.420 e. The van der Waals surface area contributed by atoms with Gasteiger partial charge in [-0.25, -0.2) is 13.8 Å². The predicted molar refractivity (Wildman–Crippen MR) is 150 cm³/mol. The summed E-state index contributed by atoms with van der Waals surface area (Å²) in [5, 5.41) is 11.4. The van der Waals surface area contributed by atoms with Crippen molar-refractivity contribution in [3.8, 4) is 11.9 Å². The van der Waals surface area contributed by atoms with Crippen LogP contribution < -0.4 is 19.9 Å². The molecule has 43 heavy (non-hydrogen) atoms. The van der Waals surface area contributed by atoms with Crippen molar-refractivity contribution in [3.63, 3.8) is 0 Å². The van der Waals surface area contributed by atoms with Crippen molar-refractivity contribution in [2.24, 2.45) is 5.41 Å². The maximum absolute atomic E-state index is 15.2. The Morgan fingerprint density at radius 3 is 2.42 bits per heavy atom. The second-order valence-corrected chi connectivity index (χ2v) is 11.7. The molecule has 1 aromatic heterocycles. The van der Waals surface area contributed by atoms with Crippen LogP contribution in [0, 0.1) is 28.4 Å². The van der Waals surface area contributed by atoms with E-state index in [9.17, 15) is 27.2 Å². The number of anilines is 2. The number of carbonyl (C=O) groups excluding carboxylic acids is 2. The maximum atomic E-state index is 15.2. The summed E-state index contributed by atoms with van der Waals surface area (Å²) in [6.07, 6.45) is -4.10. The average Bonchev–Trinajstić information content (AvgIpc) is 3.06. The number of amides is 2. The highest BCUT2D eigenvalue weighted by molar-refractivity contribution is 7.81. The lowest BCUT2D eigenvalue weighted by Gasteiger charge is -2.29. The molecule has 3 rings (SSSR count). The van der Waals surface area contributed by atoms with Crippen LogP contribution in [-0.4, -0.2) is 53.3 Å². The van der Waals surface area contributed by atoms with Gasteiger partial charge in [-0.2, -0.15) is 18.4 Å². The standard InChI is InChI=1S/C28H30F5N5O4S/c1-15(26(2,3)4)36-20(39)14-41-9-10-42-23-18(29)11-17(13-35-23)38-25(43)37(24(40)27(38,5)6)19-8-7-16(12-34)21(22(19)30)28(31,32)33/h7-8,11,13,15H,9-10,14H2,1-6H3,(H,36,39). The first-order valence-corrected chi connectivity index (χ1v) is 13.4. The summed E-state index contributed by atoms with van der Waals surface area (Å²) in [7, 11) is 0. The lowest BCUT2D eigenvalue weighted by atomic mass is 9.88. The summed E-state index contributed by atoms with van der Waals surface area (Å²) in [5.74, 6) is -4.44. The number of nitriles is 1. The van der Waals surface area contributed by atoms with E-state index in [0.717, 1.165) is 29.3 Å². The van der Waals surface area contributed by atoms with E-state index in [0.29, 0.717) is 4.90 Å². The third-order valence-electron chi connectivity index (χ3n) is 6.86. The molecule has 15 heteroatoms. The third-order valence-corrected chi connectivity index (χ3v) is 7.23. The van der Waals surface area contributed by atoms with Gasteiger partial charge >= 0.3 is 6.18 Å². The van der Waals surface area contributed by atoms with Crippen molar-refractivity contribution in [1.29, 1.82) is 5.26 Å². The fourth-order valence-corrected chi connectivity index (χ4v) is 4.57. The van der Waals surface area contributed by atoms with Gasteiger partial charge in [0.1, 0.15) is 24.3 Å². The van der Waals surface area contributed by atoms with Gasteiger partial charge in [0.05, 0.1) is 35.8 Å². The minimum absolute atomic E-state index is 0.0526. The van der Waals surface area contributed by atoms with E-state index in [2.05, 4.69) is 10.3 Å². The molecule has 232 valence electrons. The van der Waals surface area contributed by atoms with Gasteiger partial charge in [0.25, 0.3) is 11.8 Å². The lowest BCUT2D eigenvalue weighted by molar-refractivity contribution is -0.140. The Morgan fingerprint density at radius 2 is 1.86 bits per heavy atom. The largest absolute Gasteiger partial charge is 0.473 e. The highest BCUT2D eigenvalue weighted by atomic mass is 32.1. The molecule has 2 aromatic rings. The van der Waals surface area contributed by atoms with Crippen LogP contribution in [-0.2, 0) is 20.5 Å². The first-order chi connectivity index (χ1) is 19.8. The molecule has 0 aliphatic carbocycles. The molecule has 1 aliphatic rings. The van der Waals surface area contributed by atoms with Crippen molar-refractivity contribution < 1.29 is 41.0 Å². The Kier molecular flexibility index (Phi) is 9.67. The number of pyridine rings is 1. The number of carbonyl (C=O) groups is 2. The normalized spacial score (nSPS) is 15.9. The van der Waals surface area contributed by atoms with Crippen molar-refractivity contribution >= 4 is 40.5 Å². The van der Waals surface area contributed by atoms with Crippen LogP contribution in [0.25, 0.3) is 0 Å². The fraction of sp³-hybridized carbons (Fsp3) is 0.464. The highest BCUT2D eigenvalue weighted by Gasteiger charge is 2.52. The van der Waals surface area contributed by atoms with Crippen molar-refractivity contribution in [1.82, 2.24) is 10.3 Å². The number of nitrogens with zero attached hydrogens (tertiary/aromatic N) is 4. The van der Waals surface area contributed by atoms with Crippen LogP contribution in [0.1, 0.15) is 52.7 Å². The second-order valence-electron chi connectivity index (χ2n) is 11.3. The average molecular weight is 628 g/mol. The van der Waals surface area contributed by atoms with E-state index in [-0.39, 0.29) is 42.9 Å². The highest BCUT2D eigenvalue weighted by Crippen LogP contribution is 2.42. The number of halogens is 5. The van der Waals surface area contributed by atoms with Gasteiger partial charge in [-0.15, -0.1) is 0 Å². The summed E-state index contributed by atoms with van der Waals surface area (Å²) in [6, 6.07) is 3.74. The van der Waals surface area contributed by atoms with Gasteiger partial charge < -0.3 is 19.7 Å². The number of alkyl halides is 3. The fourth-order valence-electron chi connectivity index (χ4n) is 4.05. The molecule has 1 aromatic carbocycles. The Morgan fingerprint density at radius 1 is 1.21 bits per heavy atom. The number of thiocarbonyl (C=S) groups is 1. The molecule has 1 atom stereocenters. The van der Waals surface area contributed by atoms with Crippen LogP contribution in [0.5, 0.6) is 5.88 Å². The molecule has 0 radical (unpaired) electrons. The first-order valence-electron chi connectivity index (χ1n) is 13.0. The molecule has 0 spiro atoms. The van der Waals surface area contributed by atoms with E-state index < -0.39 is 57.1 Å². The minimum atomic E-state index is -5.23. The molecule has 1 N–H and O–H groups in total. The van der Waals surface area contributed by atoms with Gasteiger partial charge in [-0.05, 0) is 50.5 Å². The SMILES string of the molecule is CC(NC(=O)COCCOc1ncc(N2C(=S)N(c3ccc(C#N)c(C(F)(F)F)c3F)C(=O)C2(C)C)cc1F)C(C)(C)C. The van der Waals surface area contributed by atoms with Crippen molar-refractivity contribution in [2.75, 3.05) is 29.6 Å². The monoisotopic (exact) mass is 627 g/mol. The number of benzene rings is 1. The molecule has 1 unspecified atom stereocenters. The van der Waals surface area contributed by atoms with Crippen LogP contribution >= 0.6 is 12.2 Å². The zero-order valence-electron chi connectivity index (χ0n) is 24.2. The molecule has 0 bridgehead atoms. The molecule has 1 fully saturated rings. The Balaban J connectivity index is 1.74. The summed E-state index contributed by atoms with van der Waals surface area (Å²) >= 11 is 5.34. The van der Waals surface area contributed by atoms with Gasteiger partial charge in [0, 0.05) is 12.1 Å². The Labute approximate surface area is 250 Å². The molecular formula is C28H30F5N5O4S. The topological polar surface area (TPSA) is 108 Å². The number of nitrogens with one attached hydrogen (secondary N) is 1. The van der Waals surface area contributed by atoms with Crippen LogP contribution in [0.4, 0.5) is 33.3 Å². The van der Waals surface area contributed by atoms with Crippen molar-refractivity contribution in [3.05, 3.63) is 47.2 Å². The molecule has 1 aliphatic heterocycles. The molecule has 2 amide bonds. The number of hydrogen-bond donors (Lipinski definition) is 1. The van der Waals surface area contributed by atoms with E-state index >= 15 is 4.39 Å². The van der Waals surface area contributed by atoms with Crippen LogP contribution in [0.2, 0.25) is 0 Å². The number of aromatic nitrogens is 1. The van der Waals surface area contributed by atoms with E-state index in [4.69, 9.17) is 27.0 Å². The van der Waals surface area contributed by atoms with Gasteiger partial charge in [-0.3, -0.25) is 14.5 Å². The zero-order chi connectivity index (χ0) is 32.5. The number of rotatable bonds is 9. The lowest BCUT2D eigenvalue weighted by Crippen LogP contribution is -2.44. The summed E-state index contributed by atoms with van der Waals surface area (Å²) in [6.45, 7) is 10.1. The first kappa shape index (κ1) is 33.6. The predicted octanol–water partition coefficient (Wildman–Crippen LogP) is 5.11. The summed E-state index contributed by atoms with van der Waals surface area (Å²) in [5.41, 5.74) is -5.39. The molecule has 2 heterocycles. The van der Waals surface area contributed by atoms with E-state index in [1.54, 1.807) is 0 Å². The van der Waals surface area contributed by atoms with Gasteiger partial charge in [0.15, 0.2) is 16.7 Å². The van der Waals surface area contributed by atoms with E-state index in [1.807, 2.05) is 27.7 Å². The Bertz CT molecular complexity index is 1470. The molecular weight excluding hydrogens is 597 g/mol. The van der Waals surface area contributed by atoms with Crippen molar-refractivity contribution in [2.45, 2.75) is 59.3 Å². The zero-order valence-corrected chi connectivity index (χ0v) is 25.0. The summed E-state index contributed by atoms with van der Waals surface area (Å²) < 4.78 is 81.3. The quantitative estimate of drug-likeness (QED) is 0.232. The van der Waals surface area contributed by atoms with Crippen LogP contribution in [0.3, 0.4) is 0 Å². The smallest absolute Gasteiger partial charge is 0.420 e. The minimum Gasteiger partial charge on any atom is -0.473 e. The van der Waals surface area contributed by atoms with Gasteiger partial charge in [0.2, 0.25) is 5.91 Å². The van der Waals surface area contributed by atoms with Gasteiger partial charge in [-0.1, -0.05) is 20.8 Å². The molecule has 1 saturated heterocycles. The Hall–Kier alpha value is -3.90. The molecule has 0 saturated carbocycles. The molecule has 9 nitrogen and oxygen atoms in total. The van der Waals surface area contributed by atoms with E-state index in [1.165, 1.54) is 19.9 Å². The van der Waals surface area contributed by atoms with Crippen LogP contribution in [0.15, 0.2) is 24.4 Å².